The summed E-state index contributed by atoms with van der Waals surface area (Å²) >= 11 is 0. The molecule has 1 heterocycles. The van der Waals surface area contributed by atoms with Crippen LogP contribution in [0.25, 0.3) is 0 Å². The minimum atomic E-state index is -0.169. The van der Waals surface area contributed by atoms with E-state index < -0.39 is 0 Å². The summed E-state index contributed by atoms with van der Waals surface area (Å²) in [6, 6.07) is 1.75. The predicted octanol–water partition coefficient (Wildman–Crippen LogP) is 1.71. The third kappa shape index (κ3) is 3.56. The fourth-order valence-corrected chi connectivity index (χ4v) is 1.57. The van der Waals surface area contributed by atoms with Gasteiger partial charge in [0.2, 0.25) is 0 Å². The van der Waals surface area contributed by atoms with Crippen LogP contribution in [0.1, 0.15) is 48.4 Å². The van der Waals surface area contributed by atoms with Crippen molar-refractivity contribution in [1.82, 2.24) is 10.5 Å². The topological polar surface area (TPSA) is 64.4 Å². The van der Waals surface area contributed by atoms with Crippen LogP contribution in [-0.4, -0.2) is 30.8 Å². The van der Waals surface area contributed by atoms with E-state index in [1.807, 2.05) is 6.92 Å². The molecule has 0 aromatic carbocycles. The Labute approximate surface area is 101 Å². The predicted molar refractivity (Wildman–Crippen MR) is 61.9 cm³/mol. The maximum absolute atomic E-state index is 11.7. The molecule has 0 atom stereocenters. The maximum atomic E-state index is 11.7. The summed E-state index contributed by atoms with van der Waals surface area (Å²) in [5.74, 6) is 1.16. The van der Waals surface area contributed by atoms with Crippen LogP contribution >= 0.6 is 0 Å². The molecule has 1 aliphatic rings. The van der Waals surface area contributed by atoms with Crippen LogP contribution in [0.4, 0.5) is 0 Å². The van der Waals surface area contributed by atoms with Crippen LogP contribution in [0.5, 0.6) is 0 Å². The van der Waals surface area contributed by atoms with Crippen molar-refractivity contribution in [3.8, 4) is 0 Å². The van der Waals surface area contributed by atoms with Gasteiger partial charge in [0, 0.05) is 31.7 Å². The van der Waals surface area contributed by atoms with E-state index in [1.54, 1.807) is 6.07 Å². The van der Waals surface area contributed by atoms with Gasteiger partial charge in [-0.15, -0.1) is 0 Å². The molecule has 0 bridgehead atoms. The maximum Gasteiger partial charge on any atom is 0.273 e. The zero-order chi connectivity index (χ0) is 12.1. The Morgan fingerprint density at radius 2 is 2.47 bits per heavy atom. The lowest BCUT2D eigenvalue weighted by Crippen LogP contribution is -2.25. The normalized spacial score (nSPS) is 14.9. The number of hydrogen-bond donors (Lipinski definition) is 1. The van der Waals surface area contributed by atoms with Crippen LogP contribution in [-0.2, 0) is 4.74 Å². The van der Waals surface area contributed by atoms with Gasteiger partial charge in [0.15, 0.2) is 5.69 Å². The van der Waals surface area contributed by atoms with Crippen LogP contribution < -0.4 is 5.32 Å². The summed E-state index contributed by atoms with van der Waals surface area (Å²) in [7, 11) is 0. The Kier molecular flexibility index (Phi) is 4.14. The highest BCUT2D eigenvalue weighted by molar-refractivity contribution is 5.92. The van der Waals surface area contributed by atoms with Gasteiger partial charge in [0.05, 0.1) is 0 Å². The number of aromatic nitrogens is 1. The van der Waals surface area contributed by atoms with Crippen molar-refractivity contribution in [2.24, 2.45) is 0 Å². The molecule has 0 unspecified atom stereocenters. The fourth-order valence-electron chi connectivity index (χ4n) is 1.57. The van der Waals surface area contributed by atoms with Gasteiger partial charge in [0.1, 0.15) is 5.76 Å². The molecular weight excluding hydrogens is 220 g/mol. The van der Waals surface area contributed by atoms with Gasteiger partial charge in [-0.2, -0.15) is 0 Å². The average molecular weight is 238 g/mol. The molecule has 1 aromatic rings. The number of nitrogens with one attached hydrogen (secondary N) is 1. The molecule has 1 aliphatic carbocycles. The number of rotatable bonds is 7. The zero-order valence-corrected chi connectivity index (χ0v) is 10.1. The highest BCUT2D eigenvalue weighted by atomic mass is 16.5. The van der Waals surface area contributed by atoms with Gasteiger partial charge < -0.3 is 14.6 Å². The quantitative estimate of drug-likeness (QED) is 0.734. The molecule has 0 radical (unpaired) electrons. The first-order chi connectivity index (χ1) is 8.31. The highest BCUT2D eigenvalue weighted by Gasteiger charge is 2.28. The number of hydrogen-bond acceptors (Lipinski definition) is 4. The second-order valence-electron chi connectivity index (χ2n) is 4.20. The van der Waals surface area contributed by atoms with Crippen molar-refractivity contribution < 1.29 is 14.1 Å². The van der Waals surface area contributed by atoms with E-state index in [-0.39, 0.29) is 5.91 Å². The second kappa shape index (κ2) is 5.82. The van der Waals surface area contributed by atoms with E-state index in [2.05, 4.69) is 10.5 Å². The van der Waals surface area contributed by atoms with Gasteiger partial charge in [-0.3, -0.25) is 4.79 Å². The Balaban J connectivity index is 1.70. The fraction of sp³-hybridized carbons (Fsp3) is 0.667. The van der Waals surface area contributed by atoms with Crippen LogP contribution in [0.2, 0.25) is 0 Å². The Bertz CT molecular complexity index is 372. The van der Waals surface area contributed by atoms with Gasteiger partial charge in [-0.05, 0) is 26.2 Å². The number of ether oxygens (including phenoxy) is 1. The zero-order valence-electron chi connectivity index (χ0n) is 10.1. The third-order valence-corrected chi connectivity index (χ3v) is 2.70. The van der Waals surface area contributed by atoms with Crippen LogP contribution in [0, 0.1) is 0 Å². The molecule has 0 spiro atoms. The third-order valence-electron chi connectivity index (χ3n) is 2.70. The molecule has 0 saturated heterocycles. The first-order valence-corrected chi connectivity index (χ1v) is 6.13. The number of nitrogens with zero attached hydrogens (tertiary/aromatic N) is 1. The van der Waals surface area contributed by atoms with Crippen LogP contribution in [0.15, 0.2) is 10.6 Å². The van der Waals surface area contributed by atoms with E-state index in [0.717, 1.165) is 25.0 Å². The van der Waals surface area contributed by atoms with E-state index in [9.17, 15) is 4.79 Å². The first kappa shape index (κ1) is 12.1. The smallest absolute Gasteiger partial charge is 0.273 e. The monoisotopic (exact) mass is 238 g/mol. The molecule has 0 aliphatic heterocycles. The summed E-state index contributed by atoms with van der Waals surface area (Å²) < 4.78 is 10.3. The molecule has 1 amide bonds. The molecule has 1 fully saturated rings. The Hall–Kier alpha value is -1.36. The van der Waals surface area contributed by atoms with Crippen molar-refractivity contribution in [2.75, 3.05) is 19.8 Å². The molecular formula is C12H18N2O3. The lowest BCUT2D eigenvalue weighted by molar-refractivity contribution is 0.0935. The Morgan fingerprint density at radius 3 is 3.18 bits per heavy atom. The lowest BCUT2D eigenvalue weighted by atomic mass is 10.3. The van der Waals surface area contributed by atoms with E-state index in [0.29, 0.717) is 31.4 Å². The summed E-state index contributed by atoms with van der Waals surface area (Å²) in [5, 5.41) is 6.56. The van der Waals surface area contributed by atoms with E-state index >= 15 is 0 Å². The molecule has 1 saturated carbocycles. The van der Waals surface area contributed by atoms with Gasteiger partial charge in [0.25, 0.3) is 5.91 Å². The minimum Gasteiger partial charge on any atom is -0.382 e. The molecule has 94 valence electrons. The summed E-state index contributed by atoms with van der Waals surface area (Å²) in [5.41, 5.74) is 0.378. The standard InChI is InChI=1S/C12H18N2O3/c1-2-16-7-3-6-13-12(15)10-8-11(17-14-10)9-4-5-9/h8-9H,2-7H2,1H3,(H,13,15). The molecule has 1 aromatic heterocycles. The molecule has 5 heteroatoms. The highest BCUT2D eigenvalue weighted by Crippen LogP contribution is 2.40. The average Bonchev–Trinajstić information content (AvgIpc) is 3.07. The van der Waals surface area contributed by atoms with Gasteiger partial charge in [-0.25, -0.2) is 0 Å². The van der Waals surface area contributed by atoms with Crippen molar-refractivity contribution in [3.63, 3.8) is 0 Å². The summed E-state index contributed by atoms with van der Waals surface area (Å²) in [6.07, 6.45) is 3.10. The molecule has 2 rings (SSSR count). The SMILES string of the molecule is CCOCCCNC(=O)c1cc(C2CC2)on1. The van der Waals surface area contributed by atoms with Gasteiger partial charge >= 0.3 is 0 Å². The van der Waals surface area contributed by atoms with Crippen molar-refractivity contribution in [2.45, 2.75) is 32.1 Å². The second-order valence-corrected chi connectivity index (χ2v) is 4.20. The molecule has 17 heavy (non-hydrogen) atoms. The number of carbonyl (C=O) groups excluding carboxylic acids is 1. The number of amides is 1. The van der Waals surface area contributed by atoms with Crippen molar-refractivity contribution in [1.29, 1.82) is 0 Å². The minimum absolute atomic E-state index is 0.169. The summed E-state index contributed by atoms with van der Waals surface area (Å²) in [4.78, 5) is 11.7. The van der Waals surface area contributed by atoms with Crippen molar-refractivity contribution in [3.05, 3.63) is 17.5 Å². The van der Waals surface area contributed by atoms with Crippen molar-refractivity contribution >= 4 is 5.91 Å². The lowest BCUT2D eigenvalue weighted by Gasteiger charge is -2.02. The van der Waals surface area contributed by atoms with Crippen LogP contribution in [0.3, 0.4) is 0 Å². The molecule has 1 N–H and O–H groups in total. The van der Waals surface area contributed by atoms with E-state index in [4.69, 9.17) is 9.26 Å². The van der Waals surface area contributed by atoms with E-state index in [1.165, 1.54) is 0 Å². The first-order valence-electron chi connectivity index (χ1n) is 6.13. The number of carbonyl (C=O) groups is 1. The van der Waals surface area contributed by atoms with Gasteiger partial charge in [-0.1, -0.05) is 5.16 Å². The Morgan fingerprint density at radius 1 is 1.65 bits per heavy atom. The summed E-state index contributed by atoms with van der Waals surface area (Å²) in [6.45, 7) is 3.93. The molecule has 5 nitrogen and oxygen atoms in total. The largest absolute Gasteiger partial charge is 0.382 e.